The fourth-order valence-corrected chi connectivity index (χ4v) is 1.48. The number of nitrogens with one attached hydrogen (secondary N) is 1. The van der Waals surface area contributed by atoms with Gasteiger partial charge in [-0.1, -0.05) is 18.2 Å². The zero-order chi connectivity index (χ0) is 9.10. The summed E-state index contributed by atoms with van der Waals surface area (Å²) in [4.78, 5) is 9.23. The zero-order valence-electron chi connectivity index (χ0n) is 7.96. The van der Waals surface area contributed by atoms with E-state index in [1.165, 1.54) is 5.56 Å². The smallest absolute Gasteiger partial charge is 0.126 e. The summed E-state index contributed by atoms with van der Waals surface area (Å²) in [5, 5.41) is 0. The standard InChI is InChI=1S/C10H12N2O.ClH/c1-13-12-10-7-6-8-4-2-3-5-9(8)11-10;/h2-5H,6-7H2,1H3,(H,11,12);1H/p-1. The Kier molecular flexibility index (Phi) is 3.92. The minimum absolute atomic E-state index is 0. The minimum atomic E-state index is 0. The van der Waals surface area contributed by atoms with Gasteiger partial charge in [0.1, 0.15) is 5.84 Å². The molecule has 76 valence electrons. The summed E-state index contributed by atoms with van der Waals surface area (Å²) >= 11 is 0. The van der Waals surface area contributed by atoms with Gasteiger partial charge in [0, 0.05) is 6.42 Å². The van der Waals surface area contributed by atoms with Crippen molar-refractivity contribution >= 4 is 11.5 Å². The van der Waals surface area contributed by atoms with Crippen molar-refractivity contribution in [3.05, 3.63) is 29.8 Å². The number of hydroxylamine groups is 1. The normalized spacial score (nSPS) is 13.6. The van der Waals surface area contributed by atoms with Gasteiger partial charge < -0.3 is 12.4 Å². The molecule has 1 aromatic carbocycles. The van der Waals surface area contributed by atoms with Crippen LogP contribution in [0.3, 0.4) is 0 Å². The lowest BCUT2D eigenvalue weighted by Gasteiger charge is -2.14. The molecule has 1 N–H and O–H groups in total. The maximum absolute atomic E-state index is 4.82. The van der Waals surface area contributed by atoms with E-state index in [2.05, 4.69) is 16.5 Å². The Hall–Kier alpha value is -1.06. The monoisotopic (exact) mass is 211 g/mol. The number of nitrogens with zero attached hydrogens (tertiary/aromatic N) is 1. The summed E-state index contributed by atoms with van der Waals surface area (Å²) in [6.07, 6.45) is 1.95. The molecule has 14 heavy (non-hydrogen) atoms. The van der Waals surface area contributed by atoms with Crippen LogP contribution in [0.1, 0.15) is 12.0 Å². The molecule has 0 aliphatic carbocycles. The van der Waals surface area contributed by atoms with E-state index in [1.807, 2.05) is 18.2 Å². The van der Waals surface area contributed by atoms with Gasteiger partial charge in [0.15, 0.2) is 0 Å². The van der Waals surface area contributed by atoms with Crippen molar-refractivity contribution in [1.82, 2.24) is 5.48 Å². The lowest BCUT2D eigenvalue weighted by Crippen LogP contribution is -3.00. The average Bonchev–Trinajstić information content (AvgIpc) is 2.18. The van der Waals surface area contributed by atoms with E-state index in [0.717, 1.165) is 24.4 Å². The Morgan fingerprint density at radius 2 is 2.07 bits per heavy atom. The molecular weight excluding hydrogens is 200 g/mol. The van der Waals surface area contributed by atoms with Gasteiger partial charge in [-0.25, -0.2) is 4.99 Å². The highest BCUT2D eigenvalue weighted by molar-refractivity contribution is 5.86. The highest BCUT2D eigenvalue weighted by atomic mass is 35.5. The summed E-state index contributed by atoms with van der Waals surface area (Å²) in [6, 6.07) is 8.18. The lowest BCUT2D eigenvalue weighted by atomic mass is 10.0. The summed E-state index contributed by atoms with van der Waals surface area (Å²) < 4.78 is 0. The molecule has 0 unspecified atom stereocenters. The van der Waals surface area contributed by atoms with Crippen LogP contribution >= 0.6 is 0 Å². The number of fused-ring (bicyclic) bond motifs is 1. The van der Waals surface area contributed by atoms with Crippen LogP contribution in [-0.2, 0) is 11.3 Å². The van der Waals surface area contributed by atoms with Gasteiger partial charge in [-0.05, 0) is 18.1 Å². The van der Waals surface area contributed by atoms with Gasteiger partial charge >= 0.3 is 0 Å². The first-order chi connectivity index (χ1) is 6.40. The molecule has 2 rings (SSSR count). The molecule has 1 aromatic rings. The average molecular weight is 212 g/mol. The molecule has 0 spiro atoms. The number of benzene rings is 1. The third-order valence-electron chi connectivity index (χ3n) is 2.10. The van der Waals surface area contributed by atoms with Crippen LogP contribution in [0.2, 0.25) is 0 Å². The molecule has 3 nitrogen and oxygen atoms in total. The van der Waals surface area contributed by atoms with Crippen molar-refractivity contribution < 1.29 is 17.2 Å². The molecule has 0 amide bonds. The molecule has 0 bridgehead atoms. The van der Waals surface area contributed by atoms with E-state index in [1.54, 1.807) is 7.11 Å². The van der Waals surface area contributed by atoms with Crippen LogP contribution in [0.15, 0.2) is 29.3 Å². The topological polar surface area (TPSA) is 33.6 Å². The Balaban J connectivity index is 0.000000980. The van der Waals surface area contributed by atoms with Crippen LogP contribution in [0.5, 0.6) is 0 Å². The second-order valence-electron chi connectivity index (χ2n) is 2.99. The van der Waals surface area contributed by atoms with E-state index < -0.39 is 0 Å². The second kappa shape index (κ2) is 4.98. The van der Waals surface area contributed by atoms with Crippen LogP contribution in [0.4, 0.5) is 5.69 Å². The summed E-state index contributed by atoms with van der Waals surface area (Å²) in [5.41, 5.74) is 5.13. The van der Waals surface area contributed by atoms with Gasteiger partial charge in [-0.15, -0.1) is 0 Å². The Labute approximate surface area is 89.6 Å². The third kappa shape index (κ3) is 2.25. The van der Waals surface area contributed by atoms with Gasteiger partial charge in [0.05, 0.1) is 12.8 Å². The number of amidine groups is 1. The fourth-order valence-electron chi connectivity index (χ4n) is 1.48. The fraction of sp³-hybridized carbons (Fsp3) is 0.300. The number of para-hydroxylation sites is 1. The Bertz CT molecular complexity index is 339. The van der Waals surface area contributed by atoms with Crippen LogP contribution in [0.25, 0.3) is 0 Å². The molecule has 0 atom stereocenters. The minimum Gasteiger partial charge on any atom is -1.00 e. The Morgan fingerprint density at radius 3 is 2.86 bits per heavy atom. The second-order valence-corrected chi connectivity index (χ2v) is 2.99. The number of hydrogen-bond donors (Lipinski definition) is 1. The zero-order valence-corrected chi connectivity index (χ0v) is 8.71. The van der Waals surface area contributed by atoms with Gasteiger partial charge in [-0.2, -0.15) is 0 Å². The number of aryl methyl sites for hydroxylation is 1. The predicted octanol–water partition coefficient (Wildman–Crippen LogP) is -1.18. The van der Waals surface area contributed by atoms with Gasteiger partial charge in [0.2, 0.25) is 0 Å². The van der Waals surface area contributed by atoms with Crippen molar-refractivity contribution in [3.8, 4) is 0 Å². The Morgan fingerprint density at radius 1 is 1.29 bits per heavy atom. The first-order valence-electron chi connectivity index (χ1n) is 4.34. The predicted molar refractivity (Wildman–Crippen MR) is 52.0 cm³/mol. The van der Waals surface area contributed by atoms with Crippen molar-refractivity contribution in [2.75, 3.05) is 7.11 Å². The van der Waals surface area contributed by atoms with Crippen molar-refractivity contribution in [3.63, 3.8) is 0 Å². The maximum Gasteiger partial charge on any atom is 0.126 e. The van der Waals surface area contributed by atoms with E-state index in [4.69, 9.17) is 4.84 Å². The SMILES string of the molecule is CONC1=Nc2ccccc2CC1.[Cl-]. The number of hydrogen-bond acceptors (Lipinski definition) is 3. The first-order valence-corrected chi connectivity index (χ1v) is 4.34. The molecule has 1 aliphatic heterocycles. The van der Waals surface area contributed by atoms with Gasteiger partial charge in [-0.3, -0.25) is 10.3 Å². The molecule has 0 fully saturated rings. The molecular formula is C10H12ClN2O-. The van der Waals surface area contributed by atoms with Crippen LogP contribution in [-0.4, -0.2) is 12.9 Å². The number of halogens is 1. The van der Waals surface area contributed by atoms with E-state index in [-0.39, 0.29) is 12.4 Å². The molecule has 1 heterocycles. The molecule has 0 saturated heterocycles. The third-order valence-corrected chi connectivity index (χ3v) is 2.10. The molecule has 4 heteroatoms. The van der Waals surface area contributed by atoms with E-state index in [9.17, 15) is 0 Å². The highest BCUT2D eigenvalue weighted by Crippen LogP contribution is 2.24. The largest absolute Gasteiger partial charge is 1.00 e. The molecule has 1 aliphatic rings. The van der Waals surface area contributed by atoms with E-state index in [0.29, 0.717) is 0 Å². The molecule has 0 aromatic heterocycles. The van der Waals surface area contributed by atoms with Crippen molar-refractivity contribution in [1.29, 1.82) is 0 Å². The number of rotatable bonds is 1. The summed E-state index contributed by atoms with van der Waals surface area (Å²) in [5.74, 6) is 0.904. The lowest BCUT2D eigenvalue weighted by molar-refractivity contribution is -0.00000294. The van der Waals surface area contributed by atoms with Crippen LogP contribution < -0.4 is 17.9 Å². The van der Waals surface area contributed by atoms with Gasteiger partial charge in [0.25, 0.3) is 0 Å². The summed E-state index contributed by atoms with van der Waals surface area (Å²) in [6.45, 7) is 0. The molecule has 0 saturated carbocycles. The highest BCUT2D eigenvalue weighted by Gasteiger charge is 2.10. The van der Waals surface area contributed by atoms with Crippen molar-refractivity contribution in [2.24, 2.45) is 4.99 Å². The van der Waals surface area contributed by atoms with Crippen LogP contribution in [0, 0.1) is 0 Å². The van der Waals surface area contributed by atoms with Crippen molar-refractivity contribution in [2.45, 2.75) is 12.8 Å². The van der Waals surface area contributed by atoms with E-state index >= 15 is 0 Å². The number of aliphatic imine (C=N–C) groups is 1. The first kappa shape index (κ1) is 11.0. The molecule has 0 radical (unpaired) electrons. The summed E-state index contributed by atoms with van der Waals surface area (Å²) in [7, 11) is 1.60. The quantitative estimate of drug-likeness (QED) is 0.594. The maximum atomic E-state index is 4.82.